The summed E-state index contributed by atoms with van der Waals surface area (Å²) in [6, 6.07) is -0.843. The van der Waals surface area contributed by atoms with Gasteiger partial charge in [-0.25, -0.2) is 0 Å². The van der Waals surface area contributed by atoms with Gasteiger partial charge in [-0.05, 0) is 27.7 Å². The van der Waals surface area contributed by atoms with Gasteiger partial charge in [-0.1, -0.05) is 20.8 Å². The largest absolute Gasteiger partial charge is 0.465 e. The van der Waals surface area contributed by atoms with Crippen LogP contribution in [-0.4, -0.2) is 47.9 Å². The van der Waals surface area contributed by atoms with Crippen LogP contribution in [0.1, 0.15) is 48.5 Å². The van der Waals surface area contributed by atoms with Crippen LogP contribution < -0.4 is 5.32 Å². The number of amides is 2. The van der Waals surface area contributed by atoms with E-state index in [0.29, 0.717) is 0 Å². The number of esters is 1. The fourth-order valence-electron chi connectivity index (χ4n) is 1.58. The topological polar surface area (TPSA) is 75.7 Å². The summed E-state index contributed by atoms with van der Waals surface area (Å²) in [5.74, 6) is -0.951. The summed E-state index contributed by atoms with van der Waals surface area (Å²) in [6.07, 6.45) is 0. The lowest BCUT2D eigenvalue weighted by atomic mass is 9.95. The second-order valence-corrected chi connectivity index (χ2v) is 6.31. The monoisotopic (exact) mass is 300 g/mol. The Hall–Kier alpha value is -1.59. The van der Waals surface area contributed by atoms with Crippen molar-refractivity contribution in [1.29, 1.82) is 0 Å². The Labute approximate surface area is 127 Å². The molecule has 0 rings (SSSR count). The average molecular weight is 300 g/mol. The van der Waals surface area contributed by atoms with Gasteiger partial charge in [0.15, 0.2) is 0 Å². The highest BCUT2D eigenvalue weighted by Gasteiger charge is 2.29. The Morgan fingerprint density at radius 1 is 1.14 bits per heavy atom. The van der Waals surface area contributed by atoms with Gasteiger partial charge in [0.2, 0.25) is 11.8 Å². The van der Waals surface area contributed by atoms with Gasteiger partial charge in [0.05, 0.1) is 6.61 Å². The predicted octanol–water partition coefficient (Wildman–Crippen LogP) is 1.34. The molecule has 0 radical (unpaired) electrons. The maximum Gasteiger partial charge on any atom is 0.325 e. The molecule has 6 nitrogen and oxygen atoms in total. The highest BCUT2D eigenvalue weighted by Crippen LogP contribution is 2.13. The van der Waals surface area contributed by atoms with Crippen LogP contribution in [0.15, 0.2) is 0 Å². The number of nitrogens with one attached hydrogen (secondary N) is 1. The molecule has 0 aliphatic carbocycles. The summed E-state index contributed by atoms with van der Waals surface area (Å²) in [7, 11) is 0. The van der Waals surface area contributed by atoms with E-state index in [4.69, 9.17) is 4.74 Å². The van der Waals surface area contributed by atoms with E-state index >= 15 is 0 Å². The number of carbonyl (C=O) groups is 3. The molecule has 0 aromatic heterocycles. The SMILES string of the molecule is CCOC(=O)CN(C(=O)C(C)NC(=O)C(C)(C)C)C(C)C. The summed E-state index contributed by atoms with van der Waals surface area (Å²) < 4.78 is 4.87. The standard InChI is InChI=1S/C15H28N2O4/c1-8-21-12(18)9-17(10(2)3)13(19)11(4)16-14(20)15(5,6)7/h10-11H,8-9H2,1-7H3,(H,16,20). The number of nitrogens with zero attached hydrogens (tertiary/aromatic N) is 1. The molecule has 0 aliphatic rings. The third-order valence-electron chi connectivity index (χ3n) is 2.91. The minimum absolute atomic E-state index is 0.111. The van der Waals surface area contributed by atoms with Crippen molar-refractivity contribution in [2.24, 2.45) is 5.41 Å². The van der Waals surface area contributed by atoms with Crippen molar-refractivity contribution in [1.82, 2.24) is 10.2 Å². The van der Waals surface area contributed by atoms with E-state index in [-0.39, 0.29) is 31.0 Å². The van der Waals surface area contributed by atoms with Crippen molar-refractivity contribution in [3.05, 3.63) is 0 Å². The van der Waals surface area contributed by atoms with Gasteiger partial charge < -0.3 is 15.0 Å². The normalized spacial score (nSPS) is 12.8. The van der Waals surface area contributed by atoms with E-state index in [0.717, 1.165) is 0 Å². The second-order valence-electron chi connectivity index (χ2n) is 6.31. The Morgan fingerprint density at radius 3 is 2.05 bits per heavy atom. The van der Waals surface area contributed by atoms with Crippen molar-refractivity contribution in [3.63, 3.8) is 0 Å². The Morgan fingerprint density at radius 2 is 1.67 bits per heavy atom. The summed E-state index contributed by atoms with van der Waals surface area (Å²) >= 11 is 0. The van der Waals surface area contributed by atoms with Gasteiger partial charge in [-0.2, -0.15) is 0 Å². The number of hydrogen-bond donors (Lipinski definition) is 1. The molecule has 0 aromatic carbocycles. The van der Waals surface area contributed by atoms with Crippen LogP contribution in [0, 0.1) is 5.41 Å². The summed E-state index contributed by atoms with van der Waals surface area (Å²) in [6.45, 7) is 12.5. The smallest absolute Gasteiger partial charge is 0.325 e. The van der Waals surface area contributed by atoms with E-state index in [1.807, 2.05) is 13.8 Å². The quantitative estimate of drug-likeness (QED) is 0.751. The maximum atomic E-state index is 12.4. The van der Waals surface area contributed by atoms with Crippen LogP contribution in [0.4, 0.5) is 0 Å². The van der Waals surface area contributed by atoms with Crippen LogP contribution in [0.25, 0.3) is 0 Å². The first-order valence-corrected chi connectivity index (χ1v) is 7.27. The maximum absolute atomic E-state index is 12.4. The van der Waals surface area contributed by atoms with Crippen LogP contribution in [0.5, 0.6) is 0 Å². The molecule has 0 aromatic rings. The van der Waals surface area contributed by atoms with Gasteiger partial charge in [0, 0.05) is 11.5 Å². The van der Waals surface area contributed by atoms with Crippen LogP contribution in [-0.2, 0) is 19.1 Å². The molecule has 21 heavy (non-hydrogen) atoms. The fraction of sp³-hybridized carbons (Fsp3) is 0.800. The highest BCUT2D eigenvalue weighted by atomic mass is 16.5. The zero-order valence-electron chi connectivity index (χ0n) is 14.1. The lowest BCUT2D eigenvalue weighted by molar-refractivity contribution is -0.151. The molecule has 122 valence electrons. The third-order valence-corrected chi connectivity index (χ3v) is 2.91. The predicted molar refractivity (Wildman–Crippen MR) is 80.5 cm³/mol. The summed E-state index contributed by atoms with van der Waals surface area (Å²) in [5, 5.41) is 2.68. The van der Waals surface area contributed by atoms with Crippen LogP contribution in [0.2, 0.25) is 0 Å². The molecular weight excluding hydrogens is 272 g/mol. The highest BCUT2D eigenvalue weighted by molar-refractivity contribution is 5.91. The van der Waals surface area contributed by atoms with Crippen LogP contribution in [0.3, 0.4) is 0 Å². The molecule has 0 fully saturated rings. The molecule has 0 saturated heterocycles. The van der Waals surface area contributed by atoms with E-state index in [1.165, 1.54) is 4.90 Å². The van der Waals surface area contributed by atoms with Crippen molar-refractivity contribution >= 4 is 17.8 Å². The molecule has 1 atom stereocenters. The molecule has 1 N–H and O–H groups in total. The van der Waals surface area contributed by atoms with Gasteiger partial charge in [-0.3, -0.25) is 14.4 Å². The van der Waals surface area contributed by atoms with Crippen molar-refractivity contribution < 1.29 is 19.1 Å². The van der Waals surface area contributed by atoms with E-state index in [2.05, 4.69) is 5.32 Å². The van der Waals surface area contributed by atoms with Crippen molar-refractivity contribution in [3.8, 4) is 0 Å². The molecule has 0 bridgehead atoms. The van der Waals surface area contributed by atoms with E-state index in [1.54, 1.807) is 34.6 Å². The Balaban J connectivity index is 4.81. The third kappa shape index (κ3) is 6.60. The number of ether oxygens (including phenoxy) is 1. The molecule has 1 unspecified atom stereocenters. The molecule has 6 heteroatoms. The summed E-state index contributed by atoms with van der Waals surface area (Å²) in [5.41, 5.74) is -0.571. The number of hydrogen-bond acceptors (Lipinski definition) is 4. The molecular formula is C15H28N2O4. The minimum Gasteiger partial charge on any atom is -0.465 e. The Kier molecular flexibility index (Phi) is 7.39. The van der Waals surface area contributed by atoms with E-state index < -0.39 is 17.4 Å². The lowest BCUT2D eigenvalue weighted by Crippen LogP contribution is -2.52. The average Bonchev–Trinajstić information content (AvgIpc) is 2.33. The molecule has 2 amide bonds. The van der Waals surface area contributed by atoms with Crippen LogP contribution >= 0.6 is 0 Å². The molecule has 0 spiro atoms. The lowest BCUT2D eigenvalue weighted by Gasteiger charge is -2.30. The van der Waals surface area contributed by atoms with Crippen molar-refractivity contribution in [2.45, 2.75) is 60.5 Å². The molecule has 0 aliphatic heterocycles. The number of rotatable bonds is 6. The van der Waals surface area contributed by atoms with Gasteiger partial charge >= 0.3 is 5.97 Å². The Bertz CT molecular complexity index is 386. The first-order chi connectivity index (χ1) is 9.50. The van der Waals surface area contributed by atoms with E-state index in [9.17, 15) is 14.4 Å². The fourth-order valence-corrected chi connectivity index (χ4v) is 1.58. The number of carbonyl (C=O) groups excluding carboxylic acids is 3. The van der Waals surface area contributed by atoms with Gasteiger partial charge in [0.25, 0.3) is 0 Å². The molecule has 0 saturated carbocycles. The second kappa shape index (κ2) is 8.00. The van der Waals surface area contributed by atoms with Gasteiger partial charge in [-0.15, -0.1) is 0 Å². The first kappa shape index (κ1) is 19.4. The minimum atomic E-state index is -0.687. The van der Waals surface area contributed by atoms with Crippen molar-refractivity contribution in [2.75, 3.05) is 13.2 Å². The first-order valence-electron chi connectivity index (χ1n) is 7.27. The zero-order valence-corrected chi connectivity index (χ0v) is 14.1. The zero-order chi connectivity index (χ0) is 16.8. The van der Waals surface area contributed by atoms with Gasteiger partial charge in [0.1, 0.15) is 12.6 Å². The summed E-state index contributed by atoms with van der Waals surface area (Å²) in [4.78, 5) is 37.3. The molecule has 0 heterocycles.